The normalized spacial score (nSPS) is 24.2. The van der Waals surface area contributed by atoms with Crippen molar-refractivity contribution in [3.8, 4) is 0 Å². The number of benzene rings is 1. The van der Waals surface area contributed by atoms with E-state index < -0.39 is 5.82 Å². The lowest BCUT2D eigenvalue weighted by Crippen LogP contribution is -2.36. The van der Waals surface area contributed by atoms with Gasteiger partial charge in [-0.15, -0.1) is 0 Å². The highest BCUT2D eigenvalue weighted by Crippen LogP contribution is 2.22. The largest absolute Gasteiger partial charge is 0.380 e. The van der Waals surface area contributed by atoms with Gasteiger partial charge in [0.05, 0.1) is 6.10 Å². The Morgan fingerprint density at radius 3 is 2.94 bits per heavy atom. The molecule has 2 atom stereocenters. The fourth-order valence-electron chi connectivity index (χ4n) is 2.36. The molecule has 1 fully saturated rings. The molecule has 0 bridgehead atoms. The van der Waals surface area contributed by atoms with Crippen LogP contribution in [0.3, 0.4) is 0 Å². The smallest absolute Gasteiger partial charge is 0.127 e. The summed E-state index contributed by atoms with van der Waals surface area (Å²) in [6, 6.07) is 3.77. The second-order valence-electron chi connectivity index (χ2n) is 4.43. The monoisotopic (exact) mass is 241 g/mol. The topological polar surface area (TPSA) is 21.3 Å². The summed E-state index contributed by atoms with van der Waals surface area (Å²) in [5.74, 6) is -0.774. The molecule has 0 aromatic heterocycles. The molecular formula is C13H17F2NO. The van der Waals surface area contributed by atoms with E-state index in [1.54, 1.807) is 7.11 Å². The Bertz CT molecular complexity index is 384. The summed E-state index contributed by atoms with van der Waals surface area (Å²) >= 11 is 0. The first-order valence-electron chi connectivity index (χ1n) is 5.91. The van der Waals surface area contributed by atoms with Crippen LogP contribution in [0.5, 0.6) is 0 Å². The predicted molar refractivity (Wildman–Crippen MR) is 61.6 cm³/mol. The fraction of sp³-hybridized carbons (Fsp3) is 0.538. The second-order valence-corrected chi connectivity index (χ2v) is 4.43. The van der Waals surface area contributed by atoms with Gasteiger partial charge in [-0.3, -0.25) is 0 Å². The molecule has 17 heavy (non-hydrogen) atoms. The molecule has 94 valence electrons. The summed E-state index contributed by atoms with van der Waals surface area (Å²) in [7, 11) is 1.69. The van der Waals surface area contributed by atoms with Gasteiger partial charge in [0, 0.05) is 25.3 Å². The molecule has 0 heterocycles. The Morgan fingerprint density at radius 1 is 1.35 bits per heavy atom. The van der Waals surface area contributed by atoms with Crippen LogP contribution in [0.25, 0.3) is 0 Å². The minimum absolute atomic E-state index is 0.187. The third-order valence-corrected chi connectivity index (χ3v) is 3.32. The number of rotatable bonds is 4. The molecule has 2 nitrogen and oxygen atoms in total. The van der Waals surface area contributed by atoms with Crippen LogP contribution < -0.4 is 5.32 Å². The predicted octanol–water partition coefficient (Wildman–Crippen LogP) is 2.62. The number of hydrogen-bond acceptors (Lipinski definition) is 2. The average molecular weight is 241 g/mol. The summed E-state index contributed by atoms with van der Waals surface area (Å²) in [5.41, 5.74) is 0.367. The Hall–Kier alpha value is -1.00. The highest BCUT2D eigenvalue weighted by molar-refractivity contribution is 5.18. The van der Waals surface area contributed by atoms with Crippen LogP contribution in [0.2, 0.25) is 0 Å². The quantitative estimate of drug-likeness (QED) is 0.875. The summed E-state index contributed by atoms with van der Waals surface area (Å²) in [6.45, 7) is 0.341. The molecule has 1 aliphatic rings. The first-order chi connectivity index (χ1) is 8.20. The van der Waals surface area contributed by atoms with Crippen LogP contribution in [0, 0.1) is 11.6 Å². The van der Waals surface area contributed by atoms with Gasteiger partial charge in [0.1, 0.15) is 11.6 Å². The molecule has 1 saturated carbocycles. The van der Waals surface area contributed by atoms with Gasteiger partial charge in [-0.05, 0) is 37.5 Å². The maximum Gasteiger partial charge on any atom is 0.127 e. The molecule has 2 rings (SSSR count). The molecule has 0 amide bonds. The minimum atomic E-state index is -0.405. The van der Waals surface area contributed by atoms with Gasteiger partial charge < -0.3 is 10.1 Å². The molecule has 1 aromatic carbocycles. The Balaban J connectivity index is 1.95. The van der Waals surface area contributed by atoms with Crippen molar-refractivity contribution in [2.24, 2.45) is 0 Å². The van der Waals surface area contributed by atoms with E-state index in [2.05, 4.69) is 5.32 Å². The maximum atomic E-state index is 13.4. The Morgan fingerprint density at radius 2 is 2.18 bits per heavy atom. The molecular weight excluding hydrogens is 224 g/mol. The van der Waals surface area contributed by atoms with E-state index in [0.717, 1.165) is 31.4 Å². The molecule has 2 unspecified atom stereocenters. The SMILES string of the molecule is COC1CCCC1NCc1cc(F)ccc1F. The van der Waals surface area contributed by atoms with Crippen molar-refractivity contribution < 1.29 is 13.5 Å². The van der Waals surface area contributed by atoms with Gasteiger partial charge in [0.2, 0.25) is 0 Å². The zero-order valence-electron chi connectivity index (χ0n) is 9.88. The van der Waals surface area contributed by atoms with Crippen molar-refractivity contribution in [1.29, 1.82) is 0 Å². The number of halogens is 2. The summed E-state index contributed by atoms with van der Waals surface area (Å²) < 4.78 is 31.7. The van der Waals surface area contributed by atoms with E-state index >= 15 is 0 Å². The van der Waals surface area contributed by atoms with E-state index in [-0.39, 0.29) is 18.0 Å². The number of methoxy groups -OCH3 is 1. The second kappa shape index (κ2) is 5.56. The van der Waals surface area contributed by atoms with Crippen LogP contribution in [0.15, 0.2) is 18.2 Å². The fourth-order valence-corrected chi connectivity index (χ4v) is 2.36. The zero-order valence-corrected chi connectivity index (χ0v) is 9.88. The minimum Gasteiger partial charge on any atom is -0.380 e. The molecule has 1 aromatic rings. The van der Waals surface area contributed by atoms with Crippen molar-refractivity contribution in [1.82, 2.24) is 5.32 Å². The van der Waals surface area contributed by atoms with Crippen LogP contribution in [-0.2, 0) is 11.3 Å². The molecule has 1 aliphatic carbocycles. The van der Waals surface area contributed by atoms with E-state index in [0.29, 0.717) is 12.1 Å². The van der Waals surface area contributed by atoms with Crippen LogP contribution in [0.4, 0.5) is 8.78 Å². The van der Waals surface area contributed by atoms with Gasteiger partial charge in [0.25, 0.3) is 0 Å². The summed E-state index contributed by atoms with van der Waals surface area (Å²) in [4.78, 5) is 0. The highest BCUT2D eigenvalue weighted by Gasteiger charge is 2.26. The first kappa shape index (κ1) is 12.5. The van der Waals surface area contributed by atoms with Crippen molar-refractivity contribution in [2.45, 2.75) is 38.0 Å². The third kappa shape index (κ3) is 3.01. The van der Waals surface area contributed by atoms with Gasteiger partial charge >= 0.3 is 0 Å². The van der Waals surface area contributed by atoms with E-state index in [1.807, 2.05) is 0 Å². The van der Waals surface area contributed by atoms with Crippen LogP contribution in [-0.4, -0.2) is 19.3 Å². The number of ether oxygens (including phenoxy) is 1. The van der Waals surface area contributed by atoms with Gasteiger partial charge in [-0.2, -0.15) is 0 Å². The van der Waals surface area contributed by atoms with E-state index in [9.17, 15) is 8.78 Å². The summed E-state index contributed by atoms with van der Waals surface area (Å²) in [5, 5.41) is 3.24. The van der Waals surface area contributed by atoms with Crippen molar-refractivity contribution in [3.05, 3.63) is 35.4 Å². The van der Waals surface area contributed by atoms with Crippen molar-refractivity contribution >= 4 is 0 Å². The standard InChI is InChI=1S/C13H17F2NO/c1-17-13-4-2-3-12(13)16-8-9-7-10(14)5-6-11(9)15/h5-7,12-13,16H,2-4,8H2,1H3. The molecule has 0 saturated heterocycles. The molecule has 0 radical (unpaired) electrons. The van der Waals surface area contributed by atoms with E-state index in [4.69, 9.17) is 4.74 Å². The van der Waals surface area contributed by atoms with Crippen molar-refractivity contribution in [3.63, 3.8) is 0 Å². The zero-order chi connectivity index (χ0) is 12.3. The van der Waals surface area contributed by atoms with Gasteiger partial charge in [0.15, 0.2) is 0 Å². The average Bonchev–Trinajstić information content (AvgIpc) is 2.77. The van der Waals surface area contributed by atoms with E-state index in [1.165, 1.54) is 6.07 Å². The molecule has 4 heteroatoms. The van der Waals surface area contributed by atoms with Gasteiger partial charge in [-0.25, -0.2) is 8.78 Å². The maximum absolute atomic E-state index is 13.4. The lowest BCUT2D eigenvalue weighted by molar-refractivity contribution is 0.0846. The lowest BCUT2D eigenvalue weighted by atomic mass is 10.1. The molecule has 1 N–H and O–H groups in total. The Kier molecular flexibility index (Phi) is 4.07. The third-order valence-electron chi connectivity index (χ3n) is 3.32. The first-order valence-corrected chi connectivity index (χ1v) is 5.91. The summed E-state index contributed by atoms with van der Waals surface area (Å²) in [6.07, 6.45) is 3.35. The highest BCUT2D eigenvalue weighted by atomic mass is 19.1. The van der Waals surface area contributed by atoms with Crippen LogP contribution >= 0.6 is 0 Å². The number of hydrogen-bond donors (Lipinski definition) is 1. The van der Waals surface area contributed by atoms with Crippen molar-refractivity contribution in [2.75, 3.05) is 7.11 Å². The lowest BCUT2D eigenvalue weighted by Gasteiger charge is -2.19. The van der Waals surface area contributed by atoms with Gasteiger partial charge in [-0.1, -0.05) is 0 Å². The Labute approximate surface area is 100.0 Å². The number of nitrogens with one attached hydrogen (secondary N) is 1. The van der Waals surface area contributed by atoms with Crippen LogP contribution in [0.1, 0.15) is 24.8 Å². The molecule has 0 spiro atoms. The molecule has 0 aliphatic heterocycles.